The van der Waals surface area contributed by atoms with Gasteiger partial charge in [0.05, 0.1) is 22.9 Å². The molecule has 0 bridgehead atoms. The molecule has 1 rings (SSSR count). The molecule has 5 N–H and O–H groups in total. The van der Waals surface area contributed by atoms with Crippen LogP contribution in [0.25, 0.3) is 0 Å². The Morgan fingerprint density at radius 3 is 2.50 bits per heavy atom. The number of aliphatic hydroxyl groups is 1. The summed E-state index contributed by atoms with van der Waals surface area (Å²) in [6.07, 6.45) is 0. The molecule has 1 aromatic carbocycles. The fraction of sp³-hybridized carbons (Fsp3) is 0.333. The SMILES string of the molecule is C[C@](N)(CO)c1cc(Cl)cc(Cl)c1N. The van der Waals surface area contributed by atoms with Crippen LogP contribution in [-0.4, -0.2) is 11.7 Å². The van der Waals surface area contributed by atoms with Crippen LogP contribution in [0.4, 0.5) is 5.69 Å². The molecule has 0 heterocycles. The van der Waals surface area contributed by atoms with Crippen LogP contribution < -0.4 is 11.5 Å². The van der Waals surface area contributed by atoms with Crippen molar-refractivity contribution in [2.75, 3.05) is 12.3 Å². The zero-order valence-electron chi connectivity index (χ0n) is 7.72. The Labute approximate surface area is 92.6 Å². The number of hydrogen-bond donors (Lipinski definition) is 3. The molecule has 0 fully saturated rings. The maximum atomic E-state index is 9.09. The first kappa shape index (κ1) is 11.6. The van der Waals surface area contributed by atoms with Gasteiger partial charge in [0.1, 0.15) is 0 Å². The van der Waals surface area contributed by atoms with Gasteiger partial charge in [0, 0.05) is 5.02 Å². The number of rotatable bonds is 2. The molecule has 0 aliphatic rings. The summed E-state index contributed by atoms with van der Waals surface area (Å²) in [5.41, 5.74) is 11.5. The van der Waals surface area contributed by atoms with Gasteiger partial charge >= 0.3 is 0 Å². The van der Waals surface area contributed by atoms with E-state index in [-0.39, 0.29) is 6.61 Å². The molecule has 1 atom stereocenters. The summed E-state index contributed by atoms with van der Waals surface area (Å²) in [4.78, 5) is 0. The average Bonchev–Trinajstić information content (AvgIpc) is 2.11. The van der Waals surface area contributed by atoms with Gasteiger partial charge in [-0.25, -0.2) is 0 Å². The Balaban J connectivity index is 3.34. The predicted octanol–water partition coefficient (Wildman–Crippen LogP) is 1.74. The number of nitrogen functional groups attached to an aromatic ring is 1. The number of hydrogen-bond acceptors (Lipinski definition) is 3. The molecular formula is C9H12Cl2N2O. The highest BCUT2D eigenvalue weighted by Gasteiger charge is 2.24. The van der Waals surface area contributed by atoms with Crippen LogP contribution in [0.2, 0.25) is 10.0 Å². The monoisotopic (exact) mass is 234 g/mol. The van der Waals surface area contributed by atoms with Gasteiger partial charge in [-0.2, -0.15) is 0 Å². The van der Waals surface area contributed by atoms with E-state index in [0.29, 0.717) is 21.3 Å². The number of aliphatic hydroxyl groups excluding tert-OH is 1. The summed E-state index contributed by atoms with van der Waals surface area (Å²) in [6, 6.07) is 3.15. The molecule has 0 saturated heterocycles. The predicted molar refractivity (Wildman–Crippen MR) is 59.5 cm³/mol. The normalized spacial score (nSPS) is 15.2. The maximum absolute atomic E-state index is 9.09. The minimum atomic E-state index is -0.932. The molecule has 0 spiro atoms. The Hall–Kier alpha value is -0.480. The van der Waals surface area contributed by atoms with Crippen LogP contribution >= 0.6 is 23.2 Å². The standard InChI is InChI=1S/C9H12Cl2N2O/c1-9(13,4-14)6-2-5(10)3-7(11)8(6)12/h2-3,14H,4,12-13H2,1H3/t9-/m0/s1. The third-order valence-electron chi connectivity index (χ3n) is 2.04. The Morgan fingerprint density at radius 1 is 1.43 bits per heavy atom. The van der Waals surface area contributed by atoms with Crippen molar-refractivity contribution in [2.24, 2.45) is 5.73 Å². The first-order valence-corrected chi connectivity index (χ1v) is 4.79. The molecule has 0 aliphatic carbocycles. The van der Waals surface area contributed by atoms with Crippen molar-refractivity contribution < 1.29 is 5.11 Å². The van der Waals surface area contributed by atoms with Gasteiger partial charge in [-0.05, 0) is 24.6 Å². The molecule has 0 saturated carbocycles. The molecule has 0 radical (unpaired) electrons. The largest absolute Gasteiger partial charge is 0.397 e. The van der Waals surface area contributed by atoms with E-state index in [2.05, 4.69) is 0 Å². The van der Waals surface area contributed by atoms with E-state index < -0.39 is 5.54 Å². The topological polar surface area (TPSA) is 72.3 Å². The van der Waals surface area contributed by atoms with E-state index >= 15 is 0 Å². The average molecular weight is 235 g/mol. The van der Waals surface area contributed by atoms with Gasteiger partial charge in [0.15, 0.2) is 0 Å². The number of nitrogens with two attached hydrogens (primary N) is 2. The summed E-state index contributed by atoms with van der Waals surface area (Å²) in [5, 5.41) is 9.88. The molecule has 3 nitrogen and oxygen atoms in total. The third-order valence-corrected chi connectivity index (χ3v) is 2.57. The van der Waals surface area contributed by atoms with Crippen molar-refractivity contribution in [3.8, 4) is 0 Å². The highest BCUT2D eigenvalue weighted by molar-refractivity contribution is 6.36. The summed E-state index contributed by atoms with van der Waals surface area (Å²) in [5.74, 6) is 0. The number of anilines is 1. The third kappa shape index (κ3) is 2.12. The van der Waals surface area contributed by atoms with Crippen molar-refractivity contribution in [2.45, 2.75) is 12.5 Å². The lowest BCUT2D eigenvalue weighted by atomic mass is 9.93. The smallest absolute Gasteiger partial charge is 0.0653 e. The summed E-state index contributed by atoms with van der Waals surface area (Å²) >= 11 is 11.6. The van der Waals surface area contributed by atoms with Gasteiger partial charge in [0.25, 0.3) is 0 Å². The first-order chi connectivity index (χ1) is 6.38. The first-order valence-electron chi connectivity index (χ1n) is 4.03. The molecule has 0 aliphatic heterocycles. The van der Waals surface area contributed by atoms with E-state index in [9.17, 15) is 0 Å². The fourth-order valence-corrected chi connectivity index (χ4v) is 1.64. The number of halogens is 2. The van der Waals surface area contributed by atoms with Crippen molar-refractivity contribution in [3.05, 3.63) is 27.7 Å². The summed E-state index contributed by atoms with van der Waals surface area (Å²) in [7, 11) is 0. The van der Waals surface area contributed by atoms with E-state index in [4.69, 9.17) is 39.8 Å². The maximum Gasteiger partial charge on any atom is 0.0653 e. The second kappa shape index (κ2) is 3.95. The fourth-order valence-electron chi connectivity index (χ4n) is 1.14. The van der Waals surface area contributed by atoms with E-state index in [1.807, 2.05) is 0 Å². The molecular weight excluding hydrogens is 223 g/mol. The molecule has 0 unspecified atom stereocenters. The van der Waals surface area contributed by atoms with Gasteiger partial charge in [-0.1, -0.05) is 23.2 Å². The molecule has 5 heteroatoms. The lowest BCUT2D eigenvalue weighted by Gasteiger charge is -2.24. The highest BCUT2D eigenvalue weighted by atomic mass is 35.5. The molecule has 14 heavy (non-hydrogen) atoms. The lowest BCUT2D eigenvalue weighted by Crippen LogP contribution is -2.37. The lowest BCUT2D eigenvalue weighted by molar-refractivity contribution is 0.210. The summed E-state index contributed by atoms with van der Waals surface area (Å²) in [6.45, 7) is 1.43. The van der Waals surface area contributed by atoms with Crippen LogP contribution in [0.5, 0.6) is 0 Å². The van der Waals surface area contributed by atoms with Crippen LogP contribution in [-0.2, 0) is 5.54 Å². The second-order valence-corrected chi connectivity index (χ2v) is 4.27. The van der Waals surface area contributed by atoms with Gasteiger partial charge < -0.3 is 16.6 Å². The van der Waals surface area contributed by atoms with Gasteiger partial charge in [-0.15, -0.1) is 0 Å². The zero-order valence-corrected chi connectivity index (χ0v) is 9.23. The Morgan fingerprint density at radius 2 is 2.00 bits per heavy atom. The van der Waals surface area contributed by atoms with Crippen LogP contribution in [0, 0.1) is 0 Å². The van der Waals surface area contributed by atoms with Crippen LogP contribution in [0.15, 0.2) is 12.1 Å². The molecule has 0 amide bonds. The van der Waals surface area contributed by atoms with Crippen molar-refractivity contribution in [1.82, 2.24) is 0 Å². The van der Waals surface area contributed by atoms with Gasteiger partial charge in [0.2, 0.25) is 0 Å². The van der Waals surface area contributed by atoms with Crippen molar-refractivity contribution >= 4 is 28.9 Å². The van der Waals surface area contributed by atoms with Crippen molar-refractivity contribution in [1.29, 1.82) is 0 Å². The summed E-state index contributed by atoms with van der Waals surface area (Å²) < 4.78 is 0. The quantitative estimate of drug-likeness (QED) is 0.683. The van der Waals surface area contributed by atoms with Crippen LogP contribution in [0.1, 0.15) is 12.5 Å². The Bertz CT molecular complexity index is 353. The molecule has 1 aromatic rings. The highest BCUT2D eigenvalue weighted by Crippen LogP contribution is 2.32. The second-order valence-electron chi connectivity index (χ2n) is 3.42. The van der Waals surface area contributed by atoms with Gasteiger partial charge in [-0.3, -0.25) is 0 Å². The Kier molecular flexibility index (Phi) is 3.27. The molecule has 78 valence electrons. The van der Waals surface area contributed by atoms with E-state index in [0.717, 1.165) is 0 Å². The minimum absolute atomic E-state index is 0.228. The molecule has 0 aromatic heterocycles. The van der Waals surface area contributed by atoms with Crippen molar-refractivity contribution in [3.63, 3.8) is 0 Å². The van der Waals surface area contributed by atoms with E-state index in [1.54, 1.807) is 13.0 Å². The zero-order chi connectivity index (χ0) is 10.9. The number of benzene rings is 1. The van der Waals surface area contributed by atoms with E-state index in [1.165, 1.54) is 6.07 Å². The minimum Gasteiger partial charge on any atom is -0.397 e. The van der Waals surface area contributed by atoms with Crippen LogP contribution in [0.3, 0.4) is 0 Å².